The standard InChI is InChI=1S/C14H24N2O2/c1-4-11(3)16-14(17)8-9-15-10-13-7-6-12(5-2)18-13/h6-7,11,15H,4-5,8-10H2,1-3H3,(H,16,17). The molecule has 2 N–H and O–H groups in total. The van der Waals surface area contributed by atoms with Crippen molar-refractivity contribution in [3.63, 3.8) is 0 Å². The van der Waals surface area contributed by atoms with Gasteiger partial charge in [-0.2, -0.15) is 0 Å². The first kappa shape index (κ1) is 14.8. The molecule has 0 aliphatic rings. The van der Waals surface area contributed by atoms with Crippen molar-refractivity contribution in [1.29, 1.82) is 0 Å². The van der Waals surface area contributed by atoms with E-state index in [1.54, 1.807) is 0 Å². The summed E-state index contributed by atoms with van der Waals surface area (Å²) in [6.07, 6.45) is 2.38. The van der Waals surface area contributed by atoms with Crippen molar-refractivity contribution < 1.29 is 9.21 Å². The van der Waals surface area contributed by atoms with Gasteiger partial charge in [-0.05, 0) is 25.5 Å². The van der Waals surface area contributed by atoms with E-state index in [2.05, 4.69) is 24.5 Å². The third-order valence-corrected chi connectivity index (χ3v) is 2.91. The molecule has 0 saturated carbocycles. The van der Waals surface area contributed by atoms with E-state index >= 15 is 0 Å². The molecule has 0 saturated heterocycles. The van der Waals surface area contributed by atoms with Gasteiger partial charge in [0.15, 0.2) is 0 Å². The van der Waals surface area contributed by atoms with Crippen LogP contribution in [0.4, 0.5) is 0 Å². The van der Waals surface area contributed by atoms with E-state index in [-0.39, 0.29) is 11.9 Å². The van der Waals surface area contributed by atoms with E-state index in [1.165, 1.54) is 0 Å². The smallest absolute Gasteiger partial charge is 0.221 e. The number of rotatable bonds is 8. The summed E-state index contributed by atoms with van der Waals surface area (Å²) in [7, 11) is 0. The van der Waals surface area contributed by atoms with Crippen LogP contribution in [0.3, 0.4) is 0 Å². The Labute approximate surface area is 109 Å². The van der Waals surface area contributed by atoms with Crippen LogP contribution >= 0.6 is 0 Å². The normalized spacial score (nSPS) is 12.4. The molecule has 0 bridgehead atoms. The van der Waals surface area contributed by atoms with Crippen LogP contribution in [0.15, 0.2) is 16.5 Å². The van der Waals surface area contributed by atoms with Crippen LogP contribution in [-0.4, -0.2) is 18.5 Å². The maximum Gasteiger partial charge on any atom is 0.221 e. The van der Waals surface area contributed by atoms with Gasteiger partial charge in [-0.15, -0.1) is 0 Å². The third-order valence-electron chi connectivity index (χ3n) is 2.91. The molecule has 0 aliphatic heterocycles. The van der Waals surface area contributed by atoms with Crippen molar-refractivity contribution in [2.45, 2.75) is 52.6 Å². The molecule has 1 atom stereocenters. The number of hydrogen-bond acceptors (Lipinski definition) is 3. The van der Waals surface area contributed by atoms with E-state index in [9.17, 15) is 4.79 Å². The van der Waals surface area contributed by atoms with E-state index in [1.807, 2.05) is 19.1 Å². The van der Waals surface area contributed by atoms with Crippen molar-refractivity contribution in [1.82, 2.24) is 10.6 Å². The number of furan rings is 1. The number of carbonyl (C=O) groups is 1. The zero-order valence-electron chi connectivity index (χ0n) is 11.6. The molecule has 1 unspecified atom stereocenters. The Morgan fingerprint density at radius 1 is 1.33 bits per heavy atom. The van der Waals surface area contributed by atoms with E-state index in [0.29, 0.717) is 19.5 Å². The average Bonchev–Trinajstić information content (AvgIpc) is 2.82. The molecule has 1 heterocycles. The maximum absolute atomic E-state index is 11.5. The molecule has 4 nitrogen and oxygen atoms in total. The van der Waals surface area contributed by atoms with Crippen LogP contribution in [0.25, 0.3) is 0 Å². The first-order valence-electron chi connectivity index (χ1n) is 6.73. The number of aryl methyl sites for hydroxylation is 1. The van der Waals surface area contributed by atoms with Gasteiger partial charge in [0.25, 0.3) is 0 Å². The number of amides is 1. The molecular weight excluding hydrogens is 228 g/mol. The second-order valence-corrected chi connectivity index (χ2v) is 4.53. The Hall–Kier alpha value is -1.29. The molecule has 1 aromatic rings. The first-order chi connectivity index (χ1) is 8.65. The molecule has 18 heavy (non-hydrogen) atoms. The maximum atomic E-state index is 11.5. The molecule has 102 valence electrons. The number of hydrogen-bond donors (Lipinski definition) is 2. The molecular formula is C14H24N2O2. The SMILES string of the molecule is CCc1ccc(CNCCC(=O)NC(C)CC)o1. The molecule has 0 spiro atoms. The summed E-state index contributed by atoms with van der Waals surface area (Å²) in [5, 5.41) is 6.15. The average molecular weight is 252 g/mol. The fraction of sp³-hybridized carbons (Fsp3) is 0.643. The molecule has 0 aliphatic carbocycles. The van der Waals surface area contributed by atoms with Gasteiger partial charge in [0.05, 0.1) is 6.54 Å². The summed E-state index contributed by atoms with van der Waals surface area (Å²) in [6, 6.07) is 4.23. The lowest BCUT2D eigenvalue weighted by molar-refractivity contribution is -0.121. The van der Waals surface area contributed by atoms with Gasteiger partial charge in [-0.25, -0.2) is 0 Å². The van der Waals surface area contributed by atoms with Crippen LogP contribution < -0.4 is 10.6 Å². The minimum atomic E-state index is 0.102. The van der Waals surface area contributed by atoms with Crippen molar-refractivity contribution in [3.8, 4) is 0 Å². The number of carbonyl (C=O) groups excluding carboxylic acids is 1. The zero-order valence-corrected chi connectivity index (χ0v) is 11.6. The first-order valence-corrected chi connectivity index (χ1v) is 6.73. The second-order valence-electron chi connectivity index (χ2n) is 4.53. The van der Waals surface area contributed by atoms with Crippen molar-refractivity contribution in [2.24, 2.45) is 0 Å². The van der Waals surface area contributed by atoms with E-state index in [4.69, 9.17) is 4.42 Å². The van der Waals surface area contributed by atoms with Gasteiger partial charge >= 0.3 is 0 Å². The van der Waals surface area contributed by atoms with Crippen molar-refractivity contribution in [3.05, 3.63) is 23.7 Å². The Kier molecular flexibility index (Phi) is 6.50. The summed E-state index contributed by atoms with van der Waals surface area (Å²) >= 11 is 0. The molecule has 1 rings (SSSR count). The van der Waals surface area contributed by atoms with Gasteiger partial charge in [0.1, 0.15) is 11.5 Å². The molecule has 0 radical (unpaired) electrons. The molecule has 0 aromatic carbocycles. The third kappa shape index (κ3) is 5.36. The monoisotopic (exact) mass is 252 g/mol. The van der Waals surface area contributed by atoms with Gasteiger partial charge in [0.2, 0.25) is 5.91 Å². The molecule has 1 aromatic heterocycles. The molecule has 4 heteroatoms. The van der Waals surface area contributed by atoms with Crippen molar-refractivity contribution in [2.75, 3.05) is 6.54 Å². The van der Waals surface area contributed by atoms with Gasteiger partial charge < -0.3 is 15.1 Å². The van der Waals surface area contributed by atoms with Crippen LogP contribution in [0, 0.1) is 0 Å². The fourth-order valence-corrected chi connectivity index (χ4v) is 1.57. The fourth-order valence-electron chi connectivity index (χ4n) is 1.57. The highest BCUT2D eigenvalue weighted by molar-refractivity contribution is 5.76. The molecule has 1 amide bonds. The summed E-state index contributed by atoms with van der Waals surface area (Å²) in [5.41, 5.74) is 0. The summed E-state index contributed by atoms with van der Waals surface area (Å²) in [6.45, 7) is 7.49. The van der Waals surface area contributed by atoms with Crippen molar-refractivity contribution >= 4 is 5.91 Å². The van der Waals surface area contributed by atoms with Crippen LogP contribution in [0.2, 0.25) is 0 Å². The summed E-state index contributed by atoms with van der Waals surface area (Å²) < 4.78 is 5.56. The van der Waals surface area contributed by atoms with Gasteiger partial charge in [0, 0.05) is 25.4 Å². The van der Waals surface area contributed by atoms with Crippen LogP contribution in [0.1, 0.15) is 45.1 Å². The minimum absolute atomic E-state index is 0.102. The minimum Gasteiger partial charge on any atom is -0.465 e. The van der Waals surface area contributed by atoms with Gasteiger partial charge in [-0.1, -0.05) is 13.8 Å². The lowest BCUT2D eigenvalue weighted by Gasteiger charge is -2.11. The second kappa shape index (κ2) is 7.93. The highest BCUT2D eigenvalue weighted by atomic mass is 16.3. The predicted molar refractivity (Wildman–Crippen MR) is 72.3 cm³/mol. The lowest BCUT2D eigenvalue weighted by Crippen LogP contribution is -2.33. The largest absolute Gasteiger partial charge is 0.465 e. The summed E-state index contributed by atoms with van der Waals surface area (Å²) in [4.78, 5) is 11.5. The highest BCUT2D eigenvalue weighted by Gasteiger charge is 2.05. The quantitative estimate of drug-likeness (QED) is 0.698. The van der Waals surface area contributed by atoms with Gasteiger partial charge in [-0.3, -0.25) is 4.79 Å². The Balaban J connectivity index is 2.13. The predicted octanol–water partition coefficient (Wildman–Crippen LogP) is 2.24. The Morgan fingerprint density at radius 3 is 2.67 bits per heavy atom. The van der Waals surface area contributed by atoms with E-state index < -0.39 is 0 Å². The summed E-state index contributed by atoms with van der Waals surface area (Å²) in [5.74, 6) is 2.03. The molecule has 0 fully saturated rings. The van der Waals surface area contributed by atoms with Crippen LogP contribution in [0.5, 0.6) is 0 Å². The number of nitrogens with one attached hydrogen (secondary N) is 2. The highest BCUT2D eigenvalue weighted by Crippen LogP contribution is 2.07. The Morgan fingerprint density at radius 2 is 2.06 bits per heavy atom. The zero-order chi connectivity index (χ0) is 13.4. The van der Waals surface area contributed by atoms with E-state index in [0.717, 1.165) is 24.4 Å². The lowest BCUT2D eigenvalue weighted by atomic mass is 10.2. The van der Waals surface area contributed by atoms with Crippen LogP contribution in [-0.2, 0) is 17.8 Å². The topological polar surface area (TPSA) is 54.3 Å². The Bertz CT molecular complexity index is 360.